The molecule has 0 radical (unpaired) electrons. The molecule has 5 heteroatoms. The first-order chi connectivity index (χ1) is 12.3. The molecule has 3 rings (SSSR count). The van der Waals surface area contributed by atoms with Crippen LogP contribution in [0.5, 0.6) is 0 Å². The normalized spacial score (nSPS) is 16.0. The molecule has 0 spiro atoms. The Kier molecular flexibility index (Phi) is 6.40. The molecular formula is C20H27N5. The van der Waals surface area contributed by atoms with Crippen molar-refractivity contribution in [2.45, 2.75) is 13.0 Å². The molecular weight excluding hydrogens is 310 g/mol. The summed E-state index contributed by atoms with van der Waals surface area (Å²) in [5.41, 5.74) is 2.63. The van der Waals surface area contributed by atoms with E-state index in [1.165, 1.54) is 11.1 Å². The molecule has 2 aromatic rings. The third kappa shape index (κ3) is 5.29. The molecule has 0 bridgehead atoms. The van der Waals surface area contributed by atoms with Crippen molar-refractivity contribution in [1.82, 2.24) is 20.1 Å². The van der Waals surface area contributed by atoms with Crippen LogP contribution in [-0.4, -0.2) is 60.5 Å². The number of benzene rings is 1. The fourth-order valence-corrected chi connectivity index (χ4v) is 3.16. The van der Waals surface area contributed by atoms with Gasteiger partial charge in [0, 0.05) is 58.7 Å². The fourth-order valence-electron chi connectivity index (χ4n) is 3.16. The van der Waals surface area contributed by atoms with Crippen molar-refractivity contribution < 1.29 is 0 Å². The number of guanidine groups is 1. The van der Waals surface area contributed by atoms with E-state index in [4.69, 9.17) is 0 Å². The van der Waals surface area contributed by atoms with E-state index in [1.54, 1.807) is 0 Å². The van der Waals surface area contributed by atoms with Gasteiger partial charge in [0.2, 0.25) is 0 Å². The topological polar surface area (TPSA) is 43.8 Å². The molecule has 1 aromatic heterocycles. The summed E-state index contributed by atoms with van der Waals surface area (Å²) in [5, 5.41) is 3.48. The predicted octanol–water partition coefficient (Wildman–Crippen LogP) is 2.02. The molecule has 0 amide bonds. The van der Waals surface area contributed by atoms with Crippen molar-refractivity contribution in [3.05, 3.63) is 66.0 Å². The smallest absolute Gasteiger partial charge is 0.193 e. The van der Waals surface area contributed by atoms with Crippen molar-refractivity contribution in [3.63, 3.8) is 0 Å². The van der Waals surface area contributed by atoms with Gasteiger partial charge in [-0.25, -0.2) is 0 Å². The Balaban J connectivity index is 1.42. The molecule has 132 valence electrons. The summed E-state index contributed by atoms with van der Waals surface area (Å²) >= 11 is 0. The van der Waals surface area contributed by atoms with Gasteiger partial charge in [0.05, 0.1) is 0 Å². The third-order valence-corrected chi connectivity index (χ3v) is 4.55. The van der Waals surface area contributed by atoms with Crippen LogP contribution in [0.2, 0.25) is 0 Å². The number of nitrogens with zero attached hydrogens (tertiary/aromatic N) is 4. The lowest BCUT2D eigenvalue weighted by atomic mass is 10.2. The summed E-state index contributed by atoms with van der Waals surface area (Å²) < 4.78 is 0. The van der Waals surface area contributed by atoms with Crippen molar-refractivity contribution in [3.8, 4) is 0 Å². The molecule has 1 aromatic carbocycles. The van der Waals surface area contributed by atoms with Crippen LogP contribution < -0.4 is 5.32 Å². The zero-order valence-electron chi connectivity index (χ0n) is 14.9. The standard InChI is InChI=1S/C20H27N5/c1-21-20(23-11-9-18-8-5-10-22-16-18)25-14-12-24(13-15-25)17-19-6-3-2-4-7-19/h2-8,10,16H,9,11-15,17H2,1H3,(H,21,23). The number of pyridine rings is 1. The van der Waals surface area contributed by atoms with E-state index in [9.17, 15) is 0 Å². The second-order valence-corrected chi connectivity index (χ2v) is 6.33. The Morgan fingerprint density at radius 2 is 1.80 bits per heavy atom. The minimum absolute atomic E-state index is 0.878. The van der Waals surface area contributed by atoms with E-state index < -0.39 is 0 Å². The summed E-state index contributed by atoms with van der Waals surface area (Å²) in [5.74, 6) is 1.00. The van der Waals surface area contributed by atoms with E-state index in [1.807, 2.05) is 25.5 Å². The second kappa shape index (κ2) is 9.18. The summed E-state index contributed by atoms with van der Waals surface area (Å²) in [4.78, 5) is 13.5. The molecule has 1 fully saturated rings. The summed E-state index contributed by atoms with van der Waals surface area (Å²) in [7, 11) is 1.86. The van der Waals surface area contributed by atoms with Crippen molar-refractivity contribution >= 4 is 5.96 Å². The van der Waals surface area contributed by atoms with Crippen LogP contribution in [0.4, 0.5) is 0 Å². The van der Waals surface area contributed by atoms with Gasteiger partial charge in [-0.1, -0.05) is 36.4 Å². The number of aromatic nitrogens is 1. The van der Waals surface area contributed by atoms with E-state index in [0.717, 1.165) is 51.6 Å². The van der Waals surface area contributed by atoms with Gasteiger partial charge < -0.3 is 10.2 Å². The highest BCUT2D eigenvalue weighted by Crippen LogP contribution is 2.08. The molecule has 5 nitrogen and oxygen atoms in total. The molecule has 25 heavy (non-hydrogen) atoms. The van der Waals surface area contributed by atoms with Crippen molar-refractivity contribution in [1.29, 1.82) is 0 Å². The number of rotatable bonds is 5. The average molecular weight is 337 g/mol. The van der Waals surface area contributed by atoms with Gasteiger partial charge in [-0.3, -0.25) is 14.9 Å². The molecule has 1 aliphatic heterocycles. The maximum atomic E-state index is 4.45. The first-order valence-corrected chi connectivity index (χ1v) is 8.96. The Morgan fingerprint density at radius 3 is 2.48 bits per heavy atom. The number of piperazine rings is 1. The van der Waals surface area contributed by atoms with Crippen LogP contribution in [0, 0.1) is 0 Å². The Bertz CT molecular complexity index is 648. The highest BCUT2D eigenvalue weighted by Gasteiger charge is 2.19. The van der Waals surface area contributed by atoms with Crippen LogP contribution >= 0.6 is 0 Å². The molecule has 0 saturated carbocycles. The van der Waals surface area contributed by atoms with Gasteiger partial charge in [-0.2, -0.15) is 0 Å². The summed E-state index contributed by atoms with van der Waals surface area (Å²) in [6, 6.07) is 14.8. The molecule has 0 aliphatic carbocycles. The Hall–Kier alpha value is -2.40. The number of hydrogen-bond donors (Lipinski definition) is 1. The van der Waals surface area contributed by atoms with E-state index in [-0.39, 0.29) is 0 Å². The number of nitrogens with one attached hydrogen (secondary N) is 1. The minimum Gasteiger partial charge on any atom is -0.356 e. The molecule has 1 aliphatic rings. The zero-order valence-corrected chi connectivity index (χ0v) is 14.9. The second-order valence-electron chi connectivity index (χ2n) is 6.33. The highest BCUT2D eigenvalue weighted by molar-refractivity contribution is 5.80. The lowest BCUT2D eigenvalue weighted by Gasteiger charge is -2.36. The molecule has 2 heterocycles. The molecule has 0 atom stereocenters. The third-order valence-electron chi connectivity index (χ3n) is 4.55. The Labute approximate surface area is 150 Å². The maximum Gasteiger partial charge on any atom is 0.193 e. The van der Waals surface area contributed by atoms with Crippen LogP contribution in [0.25, 0.3) is 0 Å². The summed E-state index contributed by atoms with van der Waals surface area (Å²) in [6.07, 6.45) is 4.69. The van der Waals surface area contributed by atoms with Crippen LogP contribution in [0.1, 0.15) is 11.1 Å². The highest BCUT2D eigenvalue weighted by atomic mass is 15.3. The van der Waals surface area contributed by atoms with Crippen LogP contribution in [-0.2, 0) is 13.0 Å². The fraction of sp³-hybridized carbons (Fsp3) is 0.400. The molecule has 1 saturated heterocycles. The largest absolute Gasteiger partial charge is 0.356 e. The van der Waals surface area contributed by atoms with Crippen molar-refractivity contribution in [2.75, 3.05) is 39.8 Å². The maximum absolute atomic E-state index is 4.45. The first kappa shape index (κ1) is 17.4. The monoisotopic (exact) mass is 337 g/mol. The lowest BCUT2D eigenvalue weighted by Crippen LogP contribution is -2.52. The predicted molar refractivity (Wildman–Crippen MR) is 103 cm³/mol. The number of aliphatic imine (C=N–C) groups is 1. The van der Waals surface area contributed by atoms with Gasteiger partial charge in [0.1, 0.15) is 0 Å². The summed E-state index contributed by atoms with van der Waals surface area (Å²) in [6.45, 7) is 6.07. The van der Waals surface area contributed by atoms with Gasteiger partial charge in [0.15, 0.2) is 5.96 Å². The first-order valence-electron chi connectivity index (χ1n) is 8.96. The SMILES string of the molecule is CN=C(NCCc1cccnc1)N1CCN(Cc2ccccc2)CC1. The van der Waals surface area contributed by atoms with Gasteiger partial charge in [-0.15, -0.1) is 0 Å². The van der Waals surface area contributed by atoms with E-state index >= 15 is 0 Å². The average Bonchev–Trinajstić information content (AvgIpc) is 2.68. The number of hydrogen-bond acceptors (Lipinski definition) is 3. The molecule has 1 N–H and O–H groups in total. The van der Waals surface area contributed by atoms with Gasteiger partial charge in [-0.05, 0) is 23.6 Å². The van der Waals surface area contributed by atoms with Crippen LogP contribution in [0.15, 0.2) is 59.9 Å². The molecule has 0 unspecified atom stereocenters. The minimum atomic E-state index is 0.878. The zero-order chi connectivity index (χ0) is 17.3. The van der Waals surface area contributed by atoms with E-state index in [2.05, 4.69) is 61.5 Å². The Morgan fingerprint density at radius 1 is 1.04 bits per heavy atom. The van der Waals surface area contributed by atoms with Gasteiger partial charge in [0.25, 0.3) is 0 Å². The van der Waals surface area contributed by atoms with E-state index in [0.29, 0.717) is 0 Å². The van der Waals surface area contributed by atoms with Gasteiger partial charge >= 0.3 is 0 Å². The van der Waals surface area contributed by atoms with Crippen molar-refractivity contribution in [2.24, 2.45) is 4.99 Å². The quantitative estimate of drug-likeness (QED) is 0.670. The van der Waals surface area contributed by atoms with Crippen LogP contribution in [0.3, 0.4) is 0 Å². The lowest BCUT2D eigenvalue weighted by molar-refractivity contribution is 0.172.